The Bertz CT molecular complexity index is 929. The average molecular weight is 445 g/mol. The van der Waals surface area contributed by atoms with Gasteiger partial charge in [-0.2, -0.15) is 0 Å². The molecular formula is C22H32N6O2S. The number of pyridine rings is 1. The third-order valence-corrected chi connectivity index (χ3v) is 7.02. The fourth-order valence-corrected chi connectivity index (χ4v) is 4.71. The molecule has 1 saturated heterocycles. The van der Waals surface area contributed by atoms with Crippen molar-refractivity contribution in [2.45, 2.75) is 36.7 Å². The summed E-state index contributed by atoms with van der Waals surface area (Å²) in [7, 11) is -1.82. The van der Waals surface area contributed by atoms with E-state index in [1.165, 1.54) is 17.8 Å². The van der Waals surface area contributed by atoms with Crippen LogP contribution in [-0.4, -0.2) is 63.5 Å². The Morgan fingerprint density at radius 2 is 1.90 bits per heavy atom. The van der Waals surface area contributed by atoms with Gasteiger partial charge < -0.3 is 10.6 Å². The van der Waals surface area contributed by atoms with E-state index in [9.17, 15) is 8.42 Å². The third-order valence-electron chi connectivity index (χ3n) is 5.58. The van der Waals surface area contributed by atoms with Gasteiger partial charge in [0.05, 0.1) is 0 Å². The van der Waals surface area contributed by atoms with Crippen molar-refractivity contribution in [2.75, 3.05) is 33.2 Å². The van der Waals surface area contributed by atoms with Gasteiger partial charge in [0.25, 0.3) is 0 Å². The van der Waals surface area contributed by atoms with Crippen molar-refractivity contribution in [3.63, 3.8) is 0 Å². The summed E-state index contributed by atoms with van der Waals surface area (Å²) in [6.45, 7) is 5.00. The van der Waals surface area contributed by atoms with Gasteiger partial charge in [0.15, 0.2) is 5.96 Å². The summed E-state index contributed by atoms with van der Waals surface area (Å²) >= 11 is 0. The molecule has 1 unspecified atom stereocenters. The molecule has 1 aromatic heterocycles. The Hall–Kier alpha value is -2.49. The molecule has 9 heteroatoms. The van der Waals surface area contributed by atoms with E-state index >= 15 is 0 Å². The van der Waals surface area contributed by atoms with Crippen LogP contribution in [0.5, 0.6) is 0 Å². The number of guanidine groups is 1. The van der Waals surface area contributed by atoms with Crippen LogP contribution in [0.15, 0.2) is 64.7 Å². The Kier molecular flexibility index (Phi) is 8.39. The lowest BCUT2D eigenvalue weighted by molar-refractivity contribution is 0.158. The maximum atomic E-state index is 12.2. The first kappa shape index (κ1) is 23.2. The van der Waals surface area contributed by atoms with Crippen LogP contribution in [0, 0.1) is 0 Å². The molecule has 0 aliphatic carbocycles. The van der Waals surface area contributed by atoms with Crippen LogP contribution >= 0.6 is 0 Å². The number of hydrogen-bond acceptors (Lipinski definition) is 5. The highest BCUT2D eigenvalue weighted by Gasteiger charge is 2.24. The van der Waals surface area contributed by atoms with Crippen LogP contribution in [0.25, 0.3) is 0 Å². The van der Waals surface area contributed by atoms with Gasteiger partial charge >= 0.3 is 0 Å². The van der Waals surface area contributed by atoms with Crippen LogP contribution < -0.4 is 15.4 Å². The number of aromatic nitrogens is 1. The first-order chi connectivity index (χ1) is 15.0. The maximum absolute atomic E-state index is 12.2. The minimum atomic E-state index is -3.55. The summed E-state index contributed by atoms with van der Waals surface area (Å²) in [5, 5.41) is 6.64. The molecule has 168 valence electrons. The number of nitrogens with zero attached hydrogens (tertiary/aromatic N) is 3. The molecule has 8 nitrogen and oxygen atoms in total. The van der Waals surface area contributed by atoms with E-state index in [-0.39, 0.29) is 11.4 Å². The van der Waals surface area contributed by atoms with Gasteiger partial charge in [-0.25, -0.2) is 13.1 Å². The van der Waals surface area contributed by atoms with E-state index in [4.69, 9.17) is 0 Å². The number of rotatable bonds is 8. The van der Waals surface area contributed by atoms with Crippen LogP contribution in [0.1, 0.15) is 31.4 Å². The van der Waals surface area contributed by atoms with Gasteiger partial charge in [-0.05, 0) is 37.5 Å². The molecule has 2 aromatic rings. The van der Waals surface area contributed by atoms with Crippen LogP contribution in [0.2, 0.25) is 0 Å². The highest BCUT2D eigenvalue weighted by atomic mass is 32.2. The predicted molar refractivity (Wildman–Crippen MR) is 123 cm³/mol. The van der Waals surface area contributed by atoms with E-state index in [2.05, 4.69) is 67.5 Å². The summed E-state index contributed by atoms with van der Waals surface area (Å²) in [5.74, 6) is 0.690. The summed E-state index contributed by atoms with van der Waals surface area (Å²) in [6.07, 6.45) is 4.95. The number of nitrogens with one attached hydrogen (secondary N) is 3. The normalized spacial score (nSPS) is 17.3. The first-order valence-corrected chi connectivity index (χ1v) is 12.1. The van der Waals surface area contributed by atoms with Gasteiger partial charge in [0, 0.05) is 57.7 Å². The zero-order valence-corrected chi connectivity index (χ0v) is 19.0. The van der Waals surface area contributed by atoms with Crippen LogP contribution in [-0.2, 0) is 10.0 Å². The lowest BCUT2D eigenvalue weighted by atomic mass is 10.0. The van der Waals surface area contributed by atoms with E-state index < -0.39 is 10.0 Å². The molecule has 1 aliphatic heterocycles. The van der Waals surface area contributed by atoms with Gasteiger partial charge in [-0.1, -0.05) is 30.3 Å². The number of piperidine rings is 1. The molecule has 2 heterocycles. The van der Waals surface area contributed by atoms with Crippen LogP contribution in [0.3, 0.4) is 0 Å². The van der Waals surface area contributed by atoms with E-state index in [0.717, 1.165) is 25.9 Å². The highest BCUT2D eigenvalue weighted by Crippen LogP contribution is 2.23. The Morgan fingerprint density at radius 3 is 2.55 bits per heavy atom. The van der Waals surface area contributed by atoms with E-state index in [1.54, 1.807) is 19.3 Å². The van der Waals surface area contributed by atoms with Crippen molar-refractivity contribution in [1.82, 2.24) is 25.2 Å². The molecule has 1 atom stereocenters. The Morgan fingerprint density at radius 1 is 1.16 bits per heavy atom. The van der Waals surface area contributed by atoms with E-state index in [1.807, 2.05) is 0 Å². The monoisotopic (exact) mass is 444 g/mol. The lowest BCUT2D eigenvalue weighted by Gasteiger charge is -2.37. The minimum absolute atomic E-state index is 0.161. The molecule has 3 N–H and O–H groups in total. The molecule has 31 heavy (non-hydrogen) atoms. The maximum Gasteiger partial charge on any atom is 0.242 e. The highest BCUT2D eigenvalue weighted by molar-refractivity contribution is 7.89. The molecule has 0 amide bonds. The molecule has 0 radical (unpaired) electrons. The molecule has 0 saturated carbocycles. The first-order valence-electron chi connectivity index (χ1n) is 10.7. The fourth-order valence-electron chi connectivity index (χ4n) is 3.72. The fraction of sp³-hybridized carbons (Fsp3) is 0.455. The number of hydrogen-bond donors (Lipinski definition) is 3. The van der Waals surface area contributed by atoms with Crippen molar-refractivity contribution >= 4 is 16.0 Å². The van der Waals surface area contributed by atoms with Crippen LogP contribution in [0.4, 0.5) is 0 Å². The smallest absolute Gasteiger partial charge is 0.242 e. The molecule has 1 aromatic carbocycles. The zero-order chi connectivity index (χ0) is 22.1. The van der Waals surface area contributed by atoms with Crippen molar-refractivity contribution in [3.8, 4) is 0 Å². The van der Waals surface area contributed by atoms with Gasteiger partial charge in [-0.3, -0.25) is 14.9 Å². The second-order valence-electron chi connectivity index (χ2n) is 7.63. The zero-order valence-electron chi connectivity index (χ0n) is 18.2. The summed E-state index contributed by atoms with van der Waals surface area (Å²) in [5.41, 5.74) is 1.35. The third kappa shape index (κ3) is 6.75. The predicted octanol–water partition coefficient (Wildman–Crippen LogP) is 1.75. The summed E-state index contributed by atoms with van der Waals surface area (Å²) < 4.78 is 27.0. The van der Waals surface area contributed by atoms with Gasteiger partial charge in [-0.15, -0.1) is 0 Å². The van der Waals surface area contributed by atoms with E-state index in [0.29, 0.717) is 24.6 Å². The standard InChI is InChI=1S/C22H32N6O2S/c1-18(19-7-4-3-5-8-19)28-15-10-20(11-16-28)27-22(23-2)25-13-14-26-31(29,30)21-9-6-12-24-17-21/h3-9,12,17-18,20,26H,10-11,13-16H2,1-2H3,(H2,23,25,27). The number of aliphatic imine (C=N–C) groups is 1. The lowest BCUT2D eigenvalue weighted by Crippen LogP contribution is -2.50. The molecular weight excluding hydrogens is 412 g/mol. The minimum Gasteiger partial charge on any atom is -0.355 e. The summed E-state index contributed by atoms with van der Waals surface area (Å²) in [6, 6.07) is 14.5. The topological polar surface area (TPSA) is 98.7 Å². The SMILES string of the molecule is CN=C(NCCNS(=O)(=O)c1cccnc1)NC1CCN(C(C)c2ccccc2)CC1. The molecule has 3 rings (SSSR count). The Labute approximate surface area is 185 Å². The molecule has 0 bridgehead atoms. The second-order valence-corrected chi connectivity index (χ2v) is 9.39. The van der Waals surface area contributed by atoms with Crippen molar-refractivity contribution < 1.29 is 8.42 Å². The van der Waals surface area contributed by atoms with Gasteiger partial charge in [0.2, 0.25) is 10.0 Å². The molecule has 1 aliphatic rings. The largest absolute Gasteiger partial charge is 0.355 e. The molecule has 0 spiro atoms. The van der Waals surface area contributed by atoms with Crippen molar-refractivity contribution in [2.24, 2.45) is 4.99 Å². The van der Waals surface area contributed by atoms with Crippen molar-refractivity contribution in [1.29, 1.82) is 0 Å². The van der Waals surface area contributed by atoms with Gasteiger partial charge in [0.1, 0.15) is 4.90 Å². The quantitative estimate of drug-likeness (QED) is 0.326. The number of benzene rings is 1. The second kappa shape index (κ2) is 11.2. The molecule has 1 fully saturated rings. The summed E-state index contributed by atoms with van der Waals surface area (Å²) in [4.78, 5) is 10.8. The number of likely N-dealkylation sites (tertiary alicyclic amines) is 1. The van der Waals surface area contributed by atoms with Crippen molar-refractivity contribution in [3.05, 3.63) is 60.4 Å². The Balaban J connectivity index is 1.39. The number of sulfonamides is 1. The average Bonchev–Trinajstić information content (AvgIpc) is 2.82.